The molecule has 0 bridgehead atoms. The molecule has 2 aliphatic rings. The van der Waals surface area contributed by atoms with E-state index in [9.17, 15) is 26.4 Å². The first-order valence-electron chi connectivity index (χ1n) is 14.0. The van der Waals surface area contributed by atoms with Gasteiger partial charge in [0.15, 0.2) is 15.9 Å². The molecule has 2 saturated heterocycles. The zero-order valence-corrected chi connectivity index (χ0v) is 25.1. The lowest BCUT2D eigenvalue weighted by molar-refractivity contribution is -0.140. The summed E-state index contributed by atoms with van der Waals surface area (Å²) in [5.74, 6) is 6.06. The highest BCUT2D eigenvalue weighted by molar-refractivity contribution is 7.90. The minimum Gasteiger partial charge on any atom is -0.495 e. The fourth-order valence-electron chi connectivity index (χ4n) is 5.41. The fourth-order valence-corrected chi connectivity index (χ4v) is 6.05. The molecular weight excluding hydrogens is 601 g/mol. The number of piperidine rings is 1. The number of anilines is 2. The van der Waals surface area contributed by atoms with E-state index < -0.39 is 28.7 Å². The Morgan fingerprint density at radius 3 is 2.55 bits per heavy atom. The quantitative estimate of drug-likeness (QED) is 0.260. The Bertz CT molecular complexity index is 1690. The summed E-state index contributed by atoms with van der Waals surface area (Å²) < 4.78 is 81.0. The van der Waals surface area contributed by atoms with Crippen LogP contribution in [0.25, 0.3) is 10.9 Å². The Labute approximate surface area is 253 Å². The van der Waals surface area contributed by atoms with Gasteiger partial charge in [-0.2, -0.15) is 13.2 Å². The van der Waals surface area contributed by atoms with Gasteiger partial charge in [-0.15, -0.1) is 0 Å². The average molecular weight is 635 g/mol. The van der Waals surface area contributed by atoms with Crippen molar-refractivity contribution >= 4 is 38.3 Å². The zero-order chi connectivity index (χ0) is 31.5. The number of methoxy groups -OCH3 is 1. The molecule has 0 spiro atoms. The summed E-state index contributed by atoms with van der Waals surface area (Å²) in [5.41, 5.74) is 1.87. The largest absolute Gasteiger partial charge is 0.508 e. The van der Waals surface area contributed by atoms with Gasteiger partial charge in [-0.3, -0.25) is 4.90 Å². The number of rotatable bonds is 9. The van der Waals surface area contributed by atoms with Crippen LogP contribution in [0.5, 0.6) is 5.75 Å². The van der Waals surface area contributed by atoms with Gasteiger partial charge in [-0.05, 0) is 49.1 Å². The minimum absolute atomic E-state index is 0.0813. The van der Waals surface area contributed by atoms with E-state index in [1.165, 1.54) is 23.8 Å². The Morgan fingerprint density at radius 2 is 1.89 bits per heavy atom. The number of nitrogens with zero attached hydrogens (tertiary/aromatic N) is 2. The van der Waals surface area contributed by atoms with Crippen LogP contribution < -0.4 is 15.4 Å². The van der Waals surface area contributed by atoms with Crippen LogP contribution in [0.1, 0.15) is 18.5 Å². The average Bonchev–Trinajstić information content (AvgIpc) is 3.53. The molecule has 236 valence electrons. The van der Waals surface area contributed by atoms with E-state index in [0.29, 0.717) is 28.9 Å². The highest BCUT2D eigenvalue weighted by atomic mass is 32.2. The van der Waals surface area contributed by atoms with E-state index in [1.807, 2.05) is 6.07 Å². The lowest BCUT2D eigenvalue weighted by Gasteiger charge is -2.33. The molecule has 2 aromatic carbocycles. The second-order valence-electron chi connectivity index (χ2n) is 10.8. The summed E-state index contributed by atoms with van der Waals surface area (Å²) in [6.45, 7) is 1.31. The summed E-state index contributed by atoms with van der Waals surface area (Å²) in [5, 5.41) is 7.20. The predicted molar refractivity (Wildman–Crippen MR) is 159 cm³/mol. The Hall–Kier alpha value is -4.09. The van der Waals surface area contributed by atoms with Gasteiger partial charge in [0.1, 0.15) is 18.9 Å². The predicted octanol–water partition coefficient (Wildman–Crippen LogP) is 4.49. The number of benzene rings is 2. The van der Waals surface area contributed by atoms with Crippen LogP contribution in [-0.4, -0.2) is 88.5 Å². The van der Waals surface area contributed by atoms with Crippen molar-refractivity contribution in [1.82, 2.24) is 9.47 Å². The first-order valence-corrected chi connectivity index (χ1v) is 15.9. The van der Waals surface area contributed by atoms with Gasteiger partial charge in [0.05, 0.1) is 35.4 Å². The van der Waals surface area contributed by atoms with Crippen LogP contribution in [0.15, 0.2) is 47.4 Å². The monoisotopic (exact) mass is 634 g/mol. The summed E-state index contributed by atoms with van der Waals surface area (Å²) in [7, 11) is -2.01. The molecule has 3 aromatic rings. The molecule has 0 aliphatic carbocycles. The molecule has 1 atom stereocenters. The number of sulfone groups is 1. The summed E-state index contributed by atoms with van der Waals surface area (Å²) >= 11 is 0. The number of fused-ring (bicyclic) bond motifs is 1. The normalized spacial score (nSPS) is 17.9. The molecule has 1 aromatic heterocycles. The SMILES string of the molecule is COc1cc(S(C)(=O)=O)ccc1NCC#Cc1cc2c(NC3CCN(CC4COC(=O)O4)CC3)cccc2n1CC(F)(F)F. The van der Waals surface area contributed by atoms with Crippen LogP contribution in [0.4, 0.5) is 29.3 Å². The highest BCUT2D eigenvalue weighted by Crippen LogP contribution is 2.32. The van der Waals surface area contributed by atoms with Gasteiger partial charge in [0.2, 0.25) is 0 Å². The maximum atomic E-state index is 13.6. The number of likely N-dealkylation sites (tertiary alicyclic amines) is 1. The van der Waals surface area contributed by atoms with Crippen molar-refractivity contribution in [3.8, 4) is 17.6 Å². The molecular formula is C30H33F3N4O6S. The van der Waals surface area contributed by atoms with Crippen molar-refractivity contribution in [2.24, 2.45) is 0 Å². The van der Waals surface area contributed by atoms with Gasteiger partial charge >= 0.3 is 12.3 Å². The molecule has 1 unspecified atom stereocenters. The fraction of sp³-hybridized carbons (Fsp3) is 0.433. The van der Waals surface area contributed by atoms with Gasteiger partial charge in [0.25, 0.3) is 0 Å². The van der Waals surface area contributed by atoms with E-state index in [4.69, 9.17) is 14.2 Å². The first-order chi connectivity index (χ1) is 20.9. The van der Waals surface area contributed by atoms with Crippen LogP contribution in [0.2, 0.25) is 0 Å². The summed E-state index contributed by atoms with van der Waals surface area (Å²) in [4.78, 5) is 13.5. The number of carbonyl (C=O) groups is 1. The Balaban J connectivity index is 1.30. The highest BCUT2D eigenvalue weighted by Gasteiger charge is 2.31. The van der Waals surface area contributed by atoms with Crippen molar-refractivity contribution in [3.63, 3.8) is 0 Å². The minimum atomic E-state index is -4.45. The maximum absolute atomic E-state index is 13.6. The van der Waals surface area contributed by atoms with Crippen LogP contribution in [-0.2, 0) is 25.9 Å². The van der Waals surface area contributed by atoms with Gasteiger partial charge < -0.3 is 29.4 Å². The molecule has 3 heterocycles. The number of hydrogen-bond donors (Lipinski definition) is 2. The van der Waals surface area contributed by atoms with Crippen molar-refractivity contribution < 1.29 is 40.6 Å². The molecule has 0 radical (unpaired) electrons. The van der Waals surface area contributed by atoms with Crippen molar-refractivity contribution in [2.75, 3.05) is 56.8 Å². The Kier molecular flexibility index (Phi) is 9.17. The molecule has 2 aliphatic heterocycles. The number of ether oxygens (including phenoxy) is 3. The van der Waals surface area contributed by atoms with Crippen LogP contribution >= 0.6 is 0 Å². The van der Waals surface area contributed by atoms with Crippen molar-refractivity contribution in [1.29, 1.82) is 0 Å². The number of alkyl halides is 3. The second kappa shape index (κ2) is 12.9. The number of hydrogen-bond acceptors (Lipinski definition) is 9. The first kappa shape index (κ1) is 31.3. The number of aromatic nitrogens is 1. The Morgan fingerprint density at radius 1 is 1.11 bits per heavy atom. The molecule has 10 nitrogen and oxygen atoms in total. The smallest absolute Gasteiger partial charge is 0.495 e. The molecule has 0 amide bonds. The third kappa shape index (κ3) is 7.70. The van der Waals surface area contributed by atoms with Gasteiger partial charge in [-0.25, -0.2) is 13.2 Å². The summed E-state index contributed by atoms with van der Waals surface area (Å²) in [6, 6.07) is 11.4. The van der Waals surface area contributed by atoms with Crippen molar-refractivity contribution in [2.45, 2.75) is 42.6 Å². The van der Waals surface area contributed by atoms with E-state index in [1.54, 1.807) is 24.3 Å². The second-order valence-corrected chi connectivity index (χ2v) is 12.8. The van der Waals surface area contributed by atoms with E-state index in [-0.39, 0.29) is 35.9 Å². The van der Waals surface area contributed by atoms with Crippen LogP contribution in [0, 0.1) is 11.8 Å². The maximum Gasteiger partial charge on any atom is 0.508 e. The van der Waals surface area contributed by atoms with E-state index in [0.717, 1.165) is 37.9 Å². The van der Waals surface area contributed by atoms with E-state index in [2.05, 4.69) is 27.4 Å². The third-order valence-electron chi connectivity index (χ3n) is 7.53. The van der Waals surface area contributed by atoms with Crippen molar-refractivity contribution in [3.05, 3.63) is 48.2 Å². The standard InChI is InChI=1S/C30H33F3N4O6S/c1-41-28-16-23(44(2,39)40)8-9-26(28)34-12-4-5-21-15-24-25(6-3-7-27(24)37(21)19-30(31,32)33)35-20-10-13-36(14-11-20)17-22-18-42-29(38)43-22/h3,6-9,15-16,20,22,34-35H,10-14,17-19H2,1-2H3. The number of halogens is 3. The summed E-state index contributed by atoms with van der Waals surface area (Å²) in [6.07, 6.45) is -2.64. The molecule has 44 heavy (non-hydrogen) atoms. The molecule has 2 N–H and O–H groups in total. The number of nitrogens with one attached hydrogen (secondary N) is 2. The number of carbonyl (C=O) groups excluding carboxylic acids is 1. The lowest BCUT2D eigenvalue weighted by atomic mass is 10.0. The molecule has 2 fully saturated rings. The van der Waals surface area contributed by atoms with Gasteiger partial charge in [0, 0.05) is 49.1 Å². The van der Waals surface area contributed by atoms with E-state index >= 15 is 0 Å². The molecule has 14 heteroatoms. The molecule has 0 saturated carbocycles. The van der Waals surface area contributed by atoms with Gasteiger partial charge in [-0.1, -0.05) is 12.0 Å². The third-order valence-corrected chi connectivity index (χ3v) is 8.64. The zero-order valence-electron chi connectivity index (χ0n) is 24.2. The lowest BCUT2D eigenvalue weighted by Crippen LogP contribution is -2.43. The number of cyclic esters (lactones) is 2. The topological polar surface area (TPSA) is 111 Å². The van der Waals surface area contributed by atoms with Crippen LogP contribution in [0.3, 0.4) is 0 Å². The molecule has 5 rings (SSSR count).